The van der Waals surface area contributed by atoms with Crippen molar-refractivity contribution in [1.82, 2.24) is 0 Å². The summed E-state index contributed by atoms with van der Waals surface area (Å²) in [5, 5.41) is 0. The van der Waals surface area contributed by atoms with Gasteiger partial charge in [-0.1, -0.05) is 11.6 Å². The van der Waals surface area contributed by atoms with E-state index in [1.165, 1.54) is 5.57 Å². The first-order chi connectivity index (χ1) is 5.20. The quantitative estimate of drug-likeness (QED) is 0.441. The Kier molecular flexibility index (Phi) is 6.49. The molecule has 64 valence electrons. The molecule has 2 atom stereocenters. The first-order valence-corrected chi connectivity index (χ1v) is 4.59. The van der Waals surface area contributed by atoms with Gasteiger partial charge in [-0.15, -0.1) is 22.4 Å². The predicted octanol–water partition coefficient (Wildman–Crippen LogP) is 2.40. The van der Waals surface area contributed by atoms with Crippen molar-refractivity contribution in [3.63, 3.8) is 0 Å². The third kappa shape index (κ3) is 6.28. The Balaban J connectivity index is 3.57. The van der Waals surface area contributed by atoms with Gasteiger partial charge in [0.2, 0.25) is 0 Å². The SMILES string of the molecule is C=CCO[C@H](CP)CC(=C)C. The number of hydrogen-bond donors (Lipinski definition) is 0. The third-order valence-corrected chi connectivity index (χ3v) is 1.81. The summed E-state index contributed by atoms with van der Waals surface area (Å²) in [6.45, 7) is 10.1. The summed E-state index contributed by atoms with van der Waals surface area (Å²) >= 11 is 0. The van der Waals surface area contributed by atoms with Crippen LogP contribution in [0.2, 0.25) is 0 Å². The second-order valence-electron chi connectivity index (χ2n) is 2.64. The minimum Gasteiger partial charge on any atom is -0.374 e. The van der Waals surface area contributed by atoms with Crippen LogP contribution in [0.1, 0.15) is 13.3 Å². The average Bonchev–Trinajstić information content (AvgIpc) is 1.97. The molecular formula is C9H17OP. The van der Waals surface area contributed by atoms with Gasteiger partial charge in [-0.3, -0.25) is 0 Å². The first-order valence-electron chi connectivity index (χ1n) is 3.77. The summed E-state index contributed by atoms with van der Waals surface area (Å²) in [6, 6.07) is 0. The standard InChI is InChI=1S/C9H17OP/c1-4-5-10-9(7-11)6-8(2)3/h4,9H,1-2,5-7,11H2,3H3/t9-/m0/s1. The van der Waals surface area contributed by atoms with E-state index in [4.69, 9.17) is 4.74 Å². The molecule has 0 aromatic rings. The van der Waals surface area contributed by atoms with Crippen molar-refractivity contribution in [2.75, 3.05) is 12.8 Å². The molecule has 0 heterocycles. The molecule has 0 aromatic heterocycles. The molecule has 0 rings (SSSR count). The number of hydrogen-bond acceptors (Lipinski definition) is 1. The van der Waals surface area contributed by atoms with Crippen LogP contribution < -0.4 is 0 Å². The molecule has 11 heavy (non-hydrogen) atoms. The van der Waals surface area contributed by atoms with Crippen LogP contribution in [0.5, 0.6) is 0 Å². The molecular weight excluding hydrogens is 155 g/mol. The zero-order valence-electron chi connectivity index (χ0n) is 7.18. The molecule has 0 amide bonds. The molecule has 0 fully saturated rings. The predicted molar refractivity (Wildman–Crippen MR) is 53.9 cm³/mol. The normalized spacial score (nSPS) is 12.5. The van der Waals surface area contributed by atoms with Gasteiger partial charge in [0.15, 0.2) is 0 Å². The van der Waals surface area contributed by atoms with Crippen molar-refractivity contribution >= 4 is 9.24 Å². The largest absolute Gasteiger partial charge is 0.374 e. The summed E-state index contributed by atoms with van der Waals surface area (Å²) < 4.78 is 5.45. The van der Waals surface area contributed by atoms with Gasteiger partial charge < -0.3 is 4.74 Å². The lowest BCUT2D eigenvalue weighted by Gasteiger charge is -2.14. The van der Waals surface area contributed by atoms with E-state index in [0.29, 0.717) is 6.61 Å². The van der Waals surface area contributed by atoms with Gasteiger partial charge >= 0.3 is 0 Å². The highest BCUT2D eigenvalue weighted by atomic mass is 31.0. The van der Waals surface area contributed by atoms with Crippen molar-refractivity contribution in [3.8, 4) is 0 Å². The van der Waals surface area contributed by atoms with Crippen LogP contribution in [0.4, 0.5) is 0 Å². The van der Waals surface area contributed by atoms with Crippen LogP contribution in [0, 0.1) is 0 Å². The van der Waals surface area contributed by atoms with Gasteiger partial charge in [-0.05, 0) is 19.5 Å². The van der Waals surface area contributed by atoms with E-state index in [2.05, 4.69) is 22.4 Å². The van der Waals surface area contributed by atoms with E-state index in [-0.39, 0.29) is 6.10 Å². The Bertz CT molecular complexity index is 132. The molecule has 0 N–H and O–H groups in total. The van der Waals surface area contributed by atoms with Crippen LogP contribution in [0.3, 0.4) is 0 Å². The highest BCUT2D eigenvalue weighted by Gasteiger charge is 2.04. The van der Waals surface area contributed by atoms with Crippen molar-refractivity contribution in [2.45, 2.75) is 19.4 Å². The van der Waals surface area contributed by atoms with Crippen LogP contribution in [0.15, 0.2) is 24.8 Å². The molecule has 1 nitrogen and oxygen atoms in total. The summed E-state index contributed by atoms with van der Waals surface area (Å²) in [4.78, 5) is 0. The van der Waals surface area contributed by atoms with Gasteiger partial charge in [0, 0.05) is 0 Å². The number of ether oxygens (including phenoxy) is 1. The minimum atomic E-state index is 0.287. The summed E-state index contributed by atoms with van der Waals surface area (Å²) in [5.41, 5.74) is 1.17. The van der Waals surface area contributed by atoms with Crippen LogP contribution in [0.25, 0.3) is 0 Å². The second-order valence-corrected chi connectivity index (χ2v) is 3.11. The monoisotopic (exact) mass is 172 g/mol. The molecule has 0 saturated carbocycles. The maximum atomic E-state index is 5.45. The maximum Gasteiger partial charge on any atom is 0.0650 e. The minimum absolute atomic E-state index is 0.287. The molecule has 0 bridgehead atoms. The fraction of sp³-hybridized carbons (Fsp3) is 0.556. The molecule has 0 saturated heterocycles. The van der Waals surface area contributed by atoms with E-state index in [0.717, 1.165) is 12.6 Å². The smallest absolute Gasteiger partial charge is 0.0650 e. The van der Waals surface area contributed by atoms with Gasteiger partial charge in [0.05, 0.1) is 12.7 Å². The number of rotatable bonds is 6. The van der Waals surface area contributed by atoms with E-state index in [1.807, 2.05) is 6.92 Å². The van der Waals surface area contributed by atoms with Crippen molar-refractivity contribution < 1.29 is 4.74 Å². The Morgan fingerprint density at radius 2 is 2.36 bits per heavy atom. The Hall–Kier alpha value is -0.130. The first kappa shape index (κ1) is 10.9. The molecule has 1 unspecified atom stereocenters. The fourth-order valence-electron chi connectivity index (χ4n) is 0.803. The van der Waals surface area contributed by atoms with E-state index in [1.54, 1.807) is 6.08 Å². The molecule has 0 radical (unpaired) electrons. The average molecular weight is 172 g/mol. The Labute approximate surface area is 71.7 Å². The second kappa shape index (κ2) is 6.57. The summed E-state index contributed by atoms with van der Waals surface area (Å²) in [6.07, 6.45) is 3.96. The van der Waals surface area contributed by atoms with E-state index >= 15 is 0 Å². The summed E-state index contributed by atoms with van der Waals surface area (Å²) in [7, 11) is 2.68. The lowest BCUT2D eigenvalue weighted by Crippen LogP contribution is -2.14. The Morgan fingerprint density at radius 3 is 2.73 bits per heavy atom. The molecule has 0 aliphatic rings. The van der Waals surface area contributed by atoms with Crippen LogP contribution in [-0.4, -0.2) is 18.9 Å². The van der Waals surface area contributed by atoms with Gasteiger partial charge in [-0.2, -0.15) is 0 Å². The van der Waals surface area contributed by atoms with Crippen LogP contribution >= 0.6 is 9.24 Å². The lowest BCUT2D eigenvalue weighted by molar-refractivity contribution is 0.0923. The van der Waals surface area contributed by atoms with Gasteiger partial charge in [0.1, 0.15) is 0 Å². The molecule has 0 aliphatic heterocycles. The molecule has 0 aliphatic carbocycles. The zero-order valence-corrected chi connectivity index (χ0v) is 8.33. The van der Waals surface area contributed by atoms with Gasteiger partial charge in [0.25, 0.3) is 0 Å². The lowest BCUT2D eigenvalue weighted by atomic mass is 10.2. The fourth-order valence-corrected chi connectivity index (χ4v) is 1.11. The zero-order chi connectivity index (χ0) is 8.69. The Morgan fingerprint density at radius 1 is 1.73 bits per heavy atom. The van der Waals surface area contributed by atoms with Crippen molar-refractivity contribution in [2.24, 2.45) is 0 Å². The van der Waals surface area contributed by atoms with Crippen molar-refractivity contribution in [3.05, 3.63) is 24.8 Å². The summed E-state index contributed by atoms with van der Waals surface area (Å²) in [5.74, 6) is 0. The topological polar surface area (TPSA) is 9.23 Å². The highest BCUT2D eigenvalue weighted by Crippen LogP contribution is 2.08. The molecule has 0 spiro atoms. The van der Waals surface area contributed by atoms with Crippen molar-refractivity contribution in [1.29, 1.82) is 0 Å². The third-order valence-electron chi connectivity index (χ3n) is 1.29. The van der Waals surface area contributed by atoms with E-state index < -0.39 is 0 Å². The molecule has 0 aromatic carbocycles. The van der Waals surface area contributed by atoms with Gasteiger partial charge in [-0.25, -0.2) is 0 Å². The highest BCUT2D eigenvalue weighted by molar-refractivity contribution is 7.16. The maximum absolute atomic E-state index is 5.45. The molecule has 2 heteroatoms. The van der Waals surface area contributed by atoms with E-state index in [9.17, 15) is 0 Å². The van der Waals surface area contributed by atoms with Crippen LogP contribution in [-0.2, 0) is 4.74 Å².